The van der Waals surface area contributed by atoms with Crippen LogP contribution in [0.15, 0.2) is 72.8 Å². The Labute approximate surface area is 168 Å². The lowest BCUT2D eigenvalue weighted by molar-refractivity contribution is -0.254. The first kappa shape index (κ1) is 19.8. The SMILES string of the molecule is Cc1ccc(C(=O)Nc2ccccc2C(=O)[O-])cc1NC(=O)Cc1ccccc1. The second kappa shape index (κ2) is 8.84. The van der Waals surface area contributed by atoms with E-state index in [0.29, 0.717) is 11.3 Å². The van der Waals surface area contributed by atoms with Crippen LogP contribution < -0.4 is 15.7 Å². The van der Waals surface area contributed by atoms with Crippen LogP contribution in [0.25, 0.3) is 0 Å². The Balaban J connectivity index is 1.75. The number of para-hydroxylation sites is 1. The Morgan fingerprint density at radius 2 is 1.52 bits per heavy atom. The molecule has 0 heterocycles. The van der Waals surface area contributed by atoms with Crippen molar-refractivity contribution in [1.82, 2.24) is 0 Å². The van der Waals surface area contributed by atoms with Crippen LogP contribution >= 0.6 is 0 Å². The molecular weight excluding hydrogens is 368 g/mol. The van der Waals surface area contributed by atoms with E-state index in [2.05, 4.69) is 10.6 Å². The number of hydrogen-bond donors (Lipinski definition) is 2. The summed E-state index contributed by atoms with van der Waals surface area (Å²) in [6.07, 6.45) is 0.218. The molecule has 3 aromatic carbocycles. The van der Waals surface area contributed by atoms with Gasteiger partial charge >= 0.3 is 0 Å². The van der Waals surface area contributed by atoms with E-state index >= 15 is 0 Å². The molecule has 6 nitrogen and oxygen atoms in total. The average Bonchev–Trinajstić information content (AvgIpc) is 2.70. The van der Waals surface area contributed by atoms with Gasteiger partial charge in [-0.15, -0.1) is 0 Å². The molecule has 0 atom stereocenters. The number of carbonyl (C=O) groups excluding carboxylic acids is 3. The first-order valence-corrected chi connectivity index (χ1v) is 9.00. The highest BCUT2D eigenvalue weighted by atomic mass is 16.4. The lowest BCUT2D eigenvalue weighted by Gasteiger charge is -2.13. The number of carboxylic acids is 1. The minimum atomic E-state index is -1.38. The van der Waals surface area contributed by atoms with E-state index in [1.54, 1.807) is 30.3 Å². The maximum atomic E-state index is 12.6. The van der Waals surface area contributed by atoms with E-state index in [9.17, 15) is 19.5 Å². The average molecular weight is 387 g/mol. The Hall–Kier alpha value is -3.93. The molecule has 0 radical (unpaired) electrons. The summed E-state index contributed by atoms with van der Waals surface area (Å²) < 4.78 is 0. The topological polar surface area (TPSA) is 98.3 Å². The maximum Gasteiger partial charge on any atom is 0.255 e. The Morgan fingerprint density at radius 3 is 2.24 bits per heavy atom. The molecule has 3 rings (SSSR count). The summed E-state index contributed by atoms with van der Waals surface area (Å²) in [7, 11) is 0. The van der Waals surface area contributed by atoms with E-state index in [1.165, 1.54) is 12.1 Å². The smallest absolute Gasteiger partial charge is 0.255 e. The number of amides is 2. The Morgan fingerprint density at radius 1 is 0.828 bits per heavy atom. The summed E-state index contributed by atoms with van der Waals surface area (Å²) >= 11 is 0. The van der Waals surface area contributed by atoms with Gasteiger partial charge in [0.2, 0.25) is 5.91 Å². The van der Waals surface area contributed by atoms with Crippen LogP contribution in [-0.4, -0.2) is 17.8 Å². The van der Waals surface area contributed by atoms with Crippen LogP contribution in [0.5, 0.6) is 0 Å². The first-order valence-electron chi connectivity index (χ1n) is 9.00. The molecule has 6 heteroatoms. The van der Waals surface area contributed by atoms with Gasteiger partial charge in [0.25, 0.3) is 5.91 Å². The van der Waals surface area contributed by atoms with Crippen LogP contribution in [0.2, 0.25) is 0 Å². The van der Waals surface area contributed by atoms with E-state index in [4.69, 9.17) is 0 Å². The zero-order chi connectivity index (χ0) is 20.8. The molecule has 0 unspecified atom stereocenters. The number of anilines is 2. The van der Waals surface area contributed by atoms with Crippen molar-refractivity contribution in [3.63, 3.8) is 0 Å². The molecule has 0 aliphatic rings. The summed E-state index contributed by atoms with van der Waals surface area (Å²) in [5.41, 5.74) is 2.54. The zero-order valence-electron chi connectivity index (χ0n) is 15.8. The summed E-state index contributed by atoms with van der Waals surface area (Å²) in [6, 6.07) is 20.2. The molecule has 0 saturated carbocycles. The Bertz CT molecular complexity index is 1060. The van der Waals surface area contributed by atoms with Gasteiger partial charge in [0, 0.05) is 16.8 Å². The van der Waals surface area contributed by atoms with Gasteiger partial charge in [-0.05, 0) is 36.2 Å². The van der Waals surface area contributed by atoms with Crippen molar-refractivity contribution >= 4 is 29.2 Å². The van der Waals surface area contributed by atoms with Crippen molar-refractivity contribution in [3.05, 3.63) is 95.1 Å². The largest absolute Gasteiger partial charge is 0.545 e. The van der Waals surface area contributed by atoms with Gasteiger partial charge in [0.05, 0.1) is 18.1 Å². The maximum absolute atomic E-state index is 12.6. The number of carbonyl (C=O) groups is 3. The molecule has 2 N–H and O–H groups in total. The predicted octanol–water partition coefficient (Wildman–Crippen LogP) is 2.79. The molecule has 3 aromatic rings. The number of aromatic carboxylic acids is 1. The highest BCUT2D eigenvalue weighted by molar-refractivity contribution is 6.08. The fraction of sp³-hybridized carbons (Fsp3) is 0.0870. The quantitative estimate of drug-likeness (QED) is 0.679. The number of rotatable bonds is 6. The van der Waals surface area contributed by atoms with Crippen LogP contribution in [-0.2, 0) is 11.2 Å². The van der Waals surface area contributed by atoms with Crippen molar-refractivity contribution in [2.75, 3.05) is 10.6 Å². The van der Waals surface area contributed by atoms with Crippen LogP contribution in [0.3, 0.4) is 0 Å². The van der Waals surface area contributed by atoms with Crippen molar-refractivity contribution in [2.45, 2.75) is 13.3 Å². The first-order chi connectivity index (χ1) is 13.9. The number of carboxylic acid groups (broad SMARTS) is 1. The third kappa shape index (κ3) is 5.07. The lowest BCUT2D eigenvalue weighted by atomic mass is 10.1. The second-order valence-electron chi connectivity index (χ2n) is 6.53. The van der Waals surface area contributed by atoms with E-state index in [1.807, 2.05) is 37.3 Å². The van der Waals surface area contributed by atoms with Crippen molar-refractivity contribution in [2.24, 2.45) is 0 Å². The van der Waals surface area contributed by atoms with Gasteiger partial charge in [0.1, 0.15) is 0 Å². The molecule has 29 heavy (non-hydrogen) atoms. The molecule has 0 fully saturated rings. The summed E-state index contributed by atoms with van der Waals surface area (Å²) in [5.74, 6) is -2.06. The molecule has 0 aliphatic heterocycles. The van der Waals surface area contributed by atoms with E-state index in [-0.39, 0.29) is 23.6 Å². The van der Waals surface area contributed by atoms with Crippen LogP contribution in [0.4, 0.5) is 11.4 Å². The highest BCUT2D eigenvalue weighted by Gasteiger charge is 2.13. The second-order valence-corrected chi connectivity index (χ2v) is 6.53. The number of hydrogen-bond acceptors (Lipinski definition) is 4. The van der Waals surface area contributed by atoms with Gasteiger partial charge in [0.15, 0.2) is 0 Å². The molecule has 2 amide bonds. The van der Waals surface area contributed by atoms with Crippen LogP contribution in [0.1, 0.15) is 31.8 Å². The normalized spacial score (nSPS) is 10.2. The Kier molecular flexibility index (Phi) is 6.04. The number of aryl methyl sites for hydroxylation is 1. The summed E-state index contributed by atoms with van der Waals surface area (Å²) in [5, 5.41) is 16.6. The molecule has 0 saturated heterocycles. The summed E-state index contributed by atoms with van der Waals surface area (Å²) in [6.45, 7) is 1.82. The molecule has 0 aliphatic carbocycles. The minimum absolute atomic E-state index is 0.107. The number of nitrogens with one attached hydrogen (secondary N) is 2. The van der Waals surface area contributed by atoms with Crippen molar-refractivity contribution in [3.8, 4) is 0 Å². The molecule has 0 spiro atoms. The molecule has 146 valence electrons. The van der Waals surface area contributed by atoms with E-state index < -0.39 is 11.9 Å². The van der Waals surface area contributed by atoms with Gasteiger partial charge in [-0.25, -0.2) is 0 Å². The zero-order valence-corrected chi connectivity index (χ0v) is 15.8. The van der Waals surface area contributed by atoms with E-state index in [0.717, 1.165) is 11.1 Å². The van der Waals surface area contributed by atoms with Crippen LogP contribution in [0, 0.1) is 6.92 Å². The van der Waals surface area contributed by atoms with Gasteiger partial charge in [-0.1, -0.05) is 54.6 Å². The molecule has 0 aromatic heterocycles. The standard InChI is InChI=1S/C23H20N2O4/c1-15-11-12-17(22(27)25-19-10-6-5-9-18(19)23(28)29)14-20(15)24-21(26)13-16-7-3-2-4-8-16/h2-12,14H,13H2,1H3,(H,24,26)(H,25,27)(H,28,29)/p-1. The van der Waals surface area contributed by atoms with Crippen molar-refractivity contribution in [1.29, 1.82) is 0 Å². The fourth-order valence-electron chi connectivity index (χ4n) is 2.84. The lowest BCUT2D eigenvalue weighted by Crippen LogP contribution is -2.25. The predicted molar refractivity (Wildman–Crippen MR) is 109 cm³/mol. The highest BCUT2D eigenvalue weighted by Crippen LogP contribution is 2.20. The van der Waals surface area contributed by atoms with Gasteiger partial charge in [-0.3, -0.25) is 9.59 Å². The van der Waals surface area contributed by atoms with Gasteiger partial charge < -0.3 is 20.5 Å². The third-order valence-corrected chi connectivity index (χ3v) is 4.38. The molecule has 0 bridgehead atoms. The molecular formula is C23H19N2O4-. The third-order valence-electron chi connectivity index (χ3n) is 4.38. The number of benzene rings is 3. The fourth-order valence-corrected chi connectivity index (χ4v) is 2.84. The summed E-state index contributed by atoms with van der Waals surface area (Å²) in [4.78, 5) is 36.1. The monoisotopic (exact) mass is 387 g/mol. The minimum Gasteiger partial charge on any atom is -0.545 e. The van der Waals surface area contributed by atoms with Crippen molar-refractivity contribution < 1.29 is 19.5 Å². The van der Waals surface area contributed by atoms with Gasteiger partial charge in [-0.2, -0.15) is 0 Å².